The van der Waals surface area contributed by atoms with Gasteiger partial charge in [0.25, 0.3) is 0 Å². The Hall–Kier alpha value is -0.780. The number of hydrogen-bond donors (Lipinski definition) is 0. The normalized spacial score (nSPS) is 11.4. The Morgan fingerprint density at radius 3 is 2.09 bits per heavy atom. The maximum Gasteiger partial charge on any atom is -0.0279 e. The third-order valence-electron chi connectivity index (χ3n) is 1.49. The van der Waals surface area contributed by atoms with Crippen molar-refractivity contribution in [3.8, 4) is 0 Å². The summed E-state index contributed by atoms with van der Waals surface area (Å²) in [5, 5.41) is 0. The molecule has 0 saturated carbocycles. The Kier molecular flexibility index (Phi) is 4.60. The van der Waals surface area contributed by atoms with Crippen LogP contribution in [-0.2, 0) is 0 Å². The summed E-state index contributed by atoms with van der Waals surface area (Å²) in [6.45, 7) is 14.0. The Balaban J connectivity index is 4.32. The standard InChI is InChI=1S/C11H18/c1-6-7-11(10(4)5)8-9(2)3/h8H,2,4,6-7H2,1,3,5H3/b11-8-. The summed E-state index contributed by atoms with van der Waals surface area (Å²) >= 11 is 0. The molecule has 0 aromatic carbocycles. The highest BCUT2D eigenvalue weighted by Gasteiger charge is 1.95. The van der Waals surface area contributed by atoms with Gasteiger partial charge < -0.3 is 0 Å². The van der Waals surface area contributed by atoms with E-state index in [1.54, 1.807) is 0 Å². The molecule has 0 atom stereocenters. The second-order valence-corrected chi connectivity index (χ2v) is 3.05. The molecule has 11 heavy (non-hydrogen) atoms. The van der Waals surface area contributed by atoms with Crippen molar-refractivity contribution in [1.82, 2.24) is 0 Å². The van der Waals surface area contributed by atoms with Crippen LogP contribution in [0.15, 0.2) is 36.0 Å². The van der Waals surface area contributed by atoms with Gasteiger partial charge in [-0.1, -0.05) is 43.7 Å². The third-order valence-corrected chi connectivity index (χ3v) is 1.49. The molecule has 0 aromatic heterocycles. The van der Waals surface area contributed by atoms with Crippen LogP contribution < -0.4 is 0 Å². The molecule has 0 aromatic rings. The van der Waals surface area contributed by atoms with Gasteiger partial charge in [0.15, 0.2) is 0 Å². The van der Waals surface area contributed by atoms with Gasteiger partial charge in [0, 0.05) is 0 Å². The van der Waals surface area contributed by atoms with E-state index in [1.807, 2.05) is 13.8 Å². The highest BCUT2D eigenvalue weighted by Crippen LogP contribution is 2.15. The molecule has 0 heterocycles. The molecule has 0 unspecified atom stereocenters. The lowest BCUT2D eigenvalue weighted by atomic mass is 10.0. The fourth-order valence-corrected chi connectivity index (χ4v) is 0.976. The van der Waals surface area contributed by atoms with Crippen molar-refractivity contribution in [2.45, 2.75) is 33.6 Å². The molecule has 0 aliphatic carbocycles. The van der Waals surface area contributed by atoms with Crippen molar-refractivity contribution in [3.05, 3.63) is 36.0 Å². The second kappa shape index (κ2) is 4.95. The SMILES string of the molecule is C=C(C)/C=C(/CCC)C(=C)C. The van der Waals surface area contributed by atoms with Crippen molar-refractivity contribution in [3.63, 3.8) is 0 Å². The van der Waals surface area contributed by atoms with Gasteiger partial charge in [-0.15, -0.1) is 0 Å². The average Bonchev–Trinajstić information content (AvgIpc) is 1.86. The molecule has 0 heteroatoms. The van der Waals surface area contributed by atoms with Crippen LogP contribution in [0.1, 0.15) is 33.6 Å². The van der Waals surface area contributed by atoms with Crippen molar-refractivity contribution in [2.24, 2.45) is 0 Å². The quantitative estimate of drug-likeness (QED) is 0.534. The Bertz CT molecular complexity index is 182. The zero-order valence-corrected chi connectivity index (χ0v) is 7.91. The molecule has 0 fully saturated rings. The summed E-state index contributed by atoms with van der Waals surface area (Å²) in [6, 6.07) is 0. The van der Waals surface area contributed by atoms with Gasteiger partial charge in [-0.2, -0.15) is 0 Å². The Labute approximate surface area is 70.3 Å². The lowest BCUT2D eigenvalue weighted by Gasteiger charge is -2.04. The fourth-order valence-electron chi connectivity index (χ4n) is 0.976. The zero-order valence-electron chi connectivity index (χ0n) is 7.91. The summed E-state index contributed by atoms with van der Waals surface area (Å²) in [6.07, 6.45) is 4.40. The molecule has 0 saturated heterocycles. The highest BCUT2D eigenvalue weighted by molar-refractivity contribution is 5.32. The zero-order chi connectivity index (χ0) is 8.85. The van der Waals surface area contributed by atoms with Crippen LogP contribution in [-0.4, -0.2) is 0 Å². The molecule has 0 nitrogen and oxygen atoms in total. The van der Waals surface area contributed by atoms with Crippen LogP contribution in [0.4, 0.5) is 0 Å². The van der Waals surface area contributed by atoms with Gasteiger partial charge in [-0.25, -0.2) is 0 Å². The summed E-state index contributed by atoms with van der Waals surface area (Å²) in [4.78, 5) is 0. The van der Waals surface area contributed by atoms with Gasteiger partial charge in [-0.3, -0.25) is 0 Å². The lowest BCUT2D eigenvalue weighted by Crippen LogP contribution is -1.84. The van der Waals surface area contributed by atoms with Gasteiger partial charge in [0.1, 0.15) is 0 Å². The minimum absolute atomic E-state index is 1.11. The summed E-state index contributed by atoms with van der Waals surface area (Å²) in [5.41, 5.74) is 3.60. The largest absolute Gasteiger partial charge is 0.0961 e. The second-order valence-electron chi connectivity index (χ2n) is 3.05. The van der Waals surface area contributed by atoms with Crippen LogP contribution in [0.25, 0.3) is 0 Å². The van der Waals surface area contributed by atoms with Crippen LogP contribution in [0.3, 0.4) is 0 Å². The molecule has 0 bridgehead atoms. The van der Waals surface area contributed by atoms with E-state index in [0.717, 1.165) is 17.6 Å². The van der Waals surface area contributed by atoms with E-state index >= 15 is 0 Å². The summed E-state index contributed by atoms with van der Waals surface area (Å²) < 4.78 is 0. The van der Waals surface area contributed by atoms with E-state index in [1.165, 1.54) is 12.0 Å². The topological polar surface area (TPSA) is 0 Å². The molecular weight excluding hydrogens is 132 g/mol. The number of allylic oxidation sites excluding steroid dienone is 4. The molecule has 62 valence electrons. The molecule has 0 spiro atoms. The van der Waals surface area contributed by atoms with Gasteiger partial charge in [0.2, 0.25) is 0 Å². The molecule has 0 amide bonds. The molecule has 0 radical (unpaired) electrons. The van der Waals surface area contributed by atoms with Crippen molar-refractivity contribution < 1.29 is 0 Å². The minimum Gasteiger partial charge on any atom is -0.0961 e. The molecule has 0 aliphatic rings. The predicted molar refractivity (Wildman–Crippen MR) is 52.6 cm³/mol. The number of rotatable bonds is 4. The van der Waals surface area contributed by atoms with Crippen molar-refractivity contribution in [1.29, 1.82) is 0 Å². The van der Waals surface area contributed by atoms with Crippen LogP contribution in [0.5, 0.6) is 0 Å². The maximum absolute atomic E-state index is 3.92. The first-order valence-corrected chi connectivity index (χ1v) is 4.10. The van der Waals surface area contributed by atoms with E-state index in [-0.39, 0.29) is 0 Å². The highest BCUT2D eigenvalue weighted by atomic mass is 14.0. The average molecular weight is 150 g/mol. The summed E-state index contributed by atoms with van der Waals surface area (Å²) in [5.74, 6) is 0. The van der Waals surface area contributed by atoms with Gasteiger partial charge in [-0.05, 0) is 25.8 Å². The van der Waals surface area contributed by atoms with Crippen molar-refractivity contribution >= 4 is 0 Å². The van der Waals surface area contributed by atoms with Crippen LogP contribution >= 0.6 is 0 Å². The molecule has 0 N–H and O–H groups in total. The monoisotopic (exact) mass is 150 g/mol. The van der Waals surface area contributed by atoms with E-state index in [9.17, 15) is 0 Å². The Morgan fingerprint density at radius 2 is 1.82 bits per heavy atom. The third kappa shape index (κ3) is 4.60. The molecule has 0 rings (SSSR count). The van der Waals surface area contributed by atoms with Crippen LogP contribution in [0, 0.1) is 0 Å². The van der Waals surface area contributed by atoms with Crippen molar-refractivity contribution in [2.75, 3.05) is 0 Å². The van der Waals surface area contributed by atoms with E-state index < -0.39 is 0 Å². The Morgan fingerprint density at radius 1 is 1.27 bits per heavy atom. The van der Waals surface area contributed by atoms with E-state index in [0.29, 0.717) is 0 Å². The van der Waals surface area contributed by atoms with Crippen LogP contribution in [0.2, 0.25) is 0 Å². The first-order chi connectivity index (χ1) is 5.07. The smallest absolute Gasteiger partial charge is 0.0279 e. The van der Waals surface area contributed by atoms with Gasteiger partial charge in [0.05, 0.1) is 0 Å². The van der Waals surface area contributed by atoms with E-state index in [2.05, 4.69) is 26.2 Å². The first-order valence-electron chi connectivity index (χ1n) is 4.10. The predicted octanol–water partition coefficient (Wildman–Crippen LogP) is 3.87. The lowest BCUT2D eigenvalue weighted by molar-refractivity contribution is 0.911. The fraction of sp³-hybridized carbons (Fsp3) is 0.455. The summed E-state index contributed by atoms with van der Waals surface area (Å²) in [7, 11) is 0. The molecule has 0 aliphatic heterocycles. The van der Waals surface area contributed by atoms with E-state index in [4.69, 9.17) is 0 Å². The first kappa shape index (κ1) is 10.2. The minimum atomic E-state index is 1.11. The maximum atomic E-state index is 3.92. The molecular formula is C11H18. The number of hydrogen-bond acceptors (Lipinski definition) is 0. The van der Waals surface area contributed by atoms with Gasteiger partial charge >= 0.3 is 0 Å².